The van der Waals surface area contributed by atoms with Gasteiger partial charge >= 0.3 is 12.1 Å². The van der Waals surface area contributed by atoms with Gasteiger partial charge in [-0.2, -0.15) is 0 Å². The van der Waals surface area contributed by atoms with E-state index in [0.717, 1.165) is 28.7 Å². The number of likely N-dealkylation sites (tertiary alicyclic amines) is 1. The quantitative estimate of drug-likeness (QED) is 0.611. The number of ether oxygens (including phenoxy) is 1. The summed E-state index contributed by atoms with van der Waals surface area (Å²) in [5.41, 5.74) is 3.74. The number of aliphatic carboxylic acids is 1. The van der Waals surface area contributed by atoms with Crippen LogP contribution in [0.2, 0.25) is 0 Å². The molecule has 2 amide bonds. The first kappa shape index (κ1) is 23.4. The van der Waals surface area contributed by atoms with Crippen LogP contribution in [0.4, 0.5) is 4.79 Å². The number of amides is 2. The lowest BCUT2D eigenvalue weighted by atomic mass is 9.82. The van der Waals surface area contributed by atoms with Crippen molar-refractivity contribution in [3.63, 3.8) is 0 Å². The van der Waals surface area contributed by atoms with Crippen LogP contribution in [0.5, 0.6) is 0 Å². The molecule has 1 saturated heterocycles. The molecule has 1 saturated carbocycles. The average molecular weight is 477 g/mol. The highest BCUT2D eigenvalue weighted by Crippen LogP contribution is 2.49. The molecule has 2 aromatic rings. The molecule has 5 rings (SSSR count). The van der Waals surface area contributed by atoms with Gasteiger partial charge in [0.2, 0.25) is 5.91 Å². The molecular formula is C28H32N2O5. The van der Waals surface area contributed by atoms with Crippen molar-refractivity contribution in [3.05, 3.63) is 59.7 Å². The predicted molar refractivity (Wildman–Crippen MR) is 131 cm³/mol. The SMILES string of the molecule is CCCC(NC(=O)OCC1c2ccccc2-c2ccccc21)C(=O)N1CCC2(C(=O)O)CCCC12. The lowest BCUT2D eigenvalue weighted by Gasteiger charge is -2.31. The molecule has 0 radical (unpaired) electrons. The number of fused-ring (bicyclic) bond motifs is 4. The summed E-state index contributed by atoms with van der Waals surface area (Å²) >= 11 is 0. The largest absolute Gasteiger partial charge is 0.481 e. The summed E-state index contributed by atoms with van der Waals surface area (Å²) in [4.78, 5) is 40.0. The molecule has 0 bridgehead atoms. The third kappa shape index (κ3) is 3.97. The van der Waals surface area contributed by atoms with Crippen molar-refractivity contribution in [1.82, 2.24) is 10.2 Å². The number of carboxylic acids is 1. The van der Waals surface area contributed by atoms with Crippen LogP contribution in [0.15, 0.2) is 48.5 Å². The third-order valence-electron chi connectivity index (χ3n) is 8.13. The fourth-order valence-electron chi connectivity index (χ4n) is 6.42. The molecule has 2 aliphatic carbocycles. The standard InChI is InChI=1S/C28H32N2O5/c1-2-8-23(25(31)30-16-15-28(26(32)33)14-7-13-24(28)30)29-27(34)35-17-22-20-11-5-3-9-18(20)19-10-4-6-12-21(19)22/h3-6,9-12,22-24H,2,7-8,13-17H2,1H3,(H,29,34)(H,32,33). The van der Waals surface area contributed by atoms with Gasteiger partial charge < -0.3 is 20.1 Å². The maximum Gasteiger partial charge on any atom is 0.407 e. The smallest absolute Gasteiger partial charge is 0.407 e. The van der Waals surface area contributed by atoms with Gasteiger partial charge in [-0.1, -0.05) is 68.3 Å². The molecular weight excluding hydrogens is 444 g/mol. The number of nitrogens with one attached hydrogen (secondary N) is 1. The molecule has 7 heteroatoms. The Morgan fingerprint density at radius 3 is 2.37 bits per heavy atom. The van der Waals surface area contributed by atoms with E-state index in [4.69, 9.17) is 4.74 Å². The van der Waals surface area contributed by atoms with E-state index in [9.17, 15) is 19.5 Å². The highest BCUT2D eigenvalue weighted by molar-refractivity contribution is 5.88. The summed E-state index contributed by atoms with van der Waals surface area (Å²) in [6, 6.07) is 15.3. The van der Waals surface area contributed by atoms with Gasteiger partial charge in [-0.25, -0.2) is 4.79 Å². The minimum absolute atomic E-state index is 0.0540. The zero-order valence-corrected chi connectivity index (χ0v) is 20.0. The Labute approximate surface area is 205 Å². The van der Waals surface area contributed by atoms with Crippen molar-refractivity contribution in [2.45, 2.75) is 63.5 Å². The molecule has 0 spiro atoms. The van der Waals surface area contributed by atoms with E-state index in [0.29, 0.717) is 38.6 Å². The minimum Gasteiger partial charge on any atom is -0.481 e. The zero-order valence-electron chi connectivity index (χ0n) is 20.0. The number of hydrogen-bond donors (Lipinski definition) is 2. The van der Waals surface area contributed by atoms with Crippen LogP contribution in [0.3, 0.4) is 0 Å². The molecule has 3 aliphatic rings. The van der Waals surface area contributed by atoms with E-state index in [1.807, 2.05) is 31.2 Å². The highest BCUT2D eigenvalue weighted by Gasteiger charge is 2.57. The molecule has 1 aliphatic heterocycles. The van der Waals surface area contributed by atoms with Crippen LogP contribution in [0.1, 0.15) is 62.5 Å². The molecule has 2 fully saturated rings. The molecule has 0 aromatic heterocycles. The number of carbonyl (C=O) groups is 3. The fraction of sp³-hybridized carbons (Fsp3) is 0.464. The second-order valence-electron chi connectivity index (χ2n) is 9.96. The number of carbonyl (C=O) groups excluding carboxylic acids is 2. The van der Waals surface area contributed by atoms with Crippen LogP contribution >= 0.6 is 0 Å². The highest BCUT2D eigenvalue weighted by atomic mass is 16.5. The predicted octanol–water partition coefficient (Wildman–Crippen LogP) is 4.55. The summed E-state index contributed by atoms with van der Waals surface area (Å²) < 4.78 is 5.66. The Balaban J connectivity index is 1.26. The number of alkyl carbamates (subject to hydrolysis) is 1. The van der Waals surface area contributed by atoms with Crippen molar-refractivity contribution in [1.29, 1.82) is 0 Å². The second-order valence-corrected chi connectivity index (χ2v) is 9.96. The van der Waals surface area contributed by atoms with Gasteiger partial charge in [-0.3, -0.25) is 9.59 Å². The molecule has 7 nitrogen and oxygen atoms in total. The van der Waals surface area contributed by atoms with Gasteiger partial charge in [-0.15, -0.1) is 0 Å². The Kier molecular flexibility index (Phi) is 6.26. The Morgan fingerprint density at radius 2 is 1.74 bits per heavy atom. The average Bonchev–Trinajstić information content (AvgIpc) is 3.53. The van der Waals surface area contributed by atoms with E-state index in [1.54, 1.807) is 4.90 Å². The zero-order chi connectivity index (χ0) is 24.6. The number of nitrogens with zero attached hydrogens (tertiary/aromatic N) is 1. The topological polar surface area (TPSA) is 95.9 Å². The number of rotatable bonds is 7. The maximum atomic E-state index is 13.4. The van der Waals surface area contributed by atoms with Gasteiger partial charge in [0, 0.05) is 18.5 Å². The minimum atomic E-state index is -0.837. The first-order valence-corrected chi connectivity index (χ1v) is 12.6. The van der Waals surface area contributed by atoms with Crippen LogP contribution in [-0.4, -0.2) is 53.2 Å². The van der Waals surface area contributed by atoms with Crippen LogP contribution < -0.4 is 5.32 Å². The molecule has 35 heavy (non-hydrogen) atoms. The van der Waals surface area contributed by atoms with Crippen molar-refractivity contribution < 1.29 is 24.2 Å². The normalized spacial score (nSPS) is 23.3. The monoisotopic (exact) mass is 476 g/mol. The van der Waals surface area contributed by atoms with Crippen LogP contribution in [0, 0.1) is 5.41 Å². The van der Waals surface area contributed by atoms with Crippen LogP contribution in [0.25, 0.3) is 11.1 Å². The number of hydrogen-bond acceptors (Lipinski definition) is 4. The van der Waals surface area contributed by atoms with Gasteiger partial charge in [0.05, 0.1) is 5.41 Å². The molecule has 2 N–H and O–H groups in total. The molecule has 2 aromatic carbocycles. The van der Waals surface area contributed by atoms with Crippen molar-refractivity contribution >= 4 is 18.0 Å². The van der Waals surface area contributed by atoms with Crippen molar-refractivity contribution in [2.24, 2.45) is 5.41 Å². The lowest BCUT2D eigenvalue weighted by molar-refractivity contribution is -0.150. The Hall–Kier alpha value is -3.35. The first-order chi connectivity index (χ1) is 17.0. The molecule has 184 valence electrons. The van der Waals surface area contributed by atoms with E-state index < -0.39 is 23.5 Å². The van der Waals surface area contributed by atoms with Crippen LogP contribution in [-0.2, 0) is 14.3 Å². The molecule has 3 atom stereocenters. The lowest BCUT2D eigenvalue weighted by Crippen LogP contribution is -2.52. The summed E-state index contributed by atoms with van der Waals surface area (Å²) in [7, 11) is 0. The van der Waals surface area contributed by atoms with E-state index in [-0.39, 0.29) is 24.5 Å². The van der Waals surface area contributed by atoms with Gasteiger partial charge in [-0.05, 0) is 47.9 Å². The summed E-state index contributed by atoms with van der Waals surface area (Å²) in [6.07, 6.45) is 3.15. The first-order valence-electron chi connectivity index (χ1n) is 12.6. The number of benzene rings is 2. The summed E-state index contributed by atoms with van der Waals surface area (Å²) in [6.45, 7) is 2.56. The van der Waals surface area contributed by atoms with E-state index in [2.05, 4.69) is 29.6 Å². The molecule has 3 unspecified atom stereocenters. The second kappa shape index (κ2) is 9.36. The van der Waals surface area contributed by atoms with Gasteiger partial charge in [0.15, 0.2) is 0 Å². The van der Waals surface area contributed by atoms with Gasteiger partial charge in [0.25, 0.3) is 0 Å². The Morgan fingerprint density at radius 1 is 1.09 bits per heavy atom. The molecule has 1 heterocycles. The third-order valence-corrected chi connectivity index (χ3v) is 8.13. The van der Waals surface area contributed by atoms with E-state index >= 15 is 0 Å². The maximum absolute atomic E-state index is 13.4. The summed E-state index contributed by atoms with van der Waals surface area (Å²) in [5.74, 6) is -1.07. The summed E-state index contributed by atoms with van der Waals surface area (Å²) in [5, 5.41) is 12.6. The fourth-order valence-corrected chi connectivity index (χ4v) is 6.42. The van der Waals surface area contributed by atoms with E-state index in [1.165, 1.54) is 0 Å². The Bertz CT molecular complexity index is 1100. The number of carboxylic acid groups (broad SMARTS) is 1. The van der Waals surface area contributed by atoms with Crippen molar-refractivity contribution in [3.8, 4) is 11.1 Å². The van der Waals surface area contributed by atoms with Gasteiger partial charge in [0.1, 0.15) is 12.6 Å². The van der Waals surface area contributed by atoms with Crippen molar-refractivity contribution in [2.75, 3.05) is 13.2 Å².